The predicted molar refractivity (Wildman–Crippen MR) is 573 cm³/mol. The molecule has 6 heterocycles. The quantitative estimate of drug-likeness (QED) is 0.0150. The van der Waals surface area contributed by atoms with Gasteiger partial charge in [0.2, 0.25) is 29.5 Å². The summed E-state index contributed by atoms with van der Waals surface area (Å²) in [6, 6.07) is -4.56. The molecule has 1 aromatic rings. The Morgan fingerprint density at radius 2 is 0.703 bits per heavy atom. The van der Waals surface area contributed by atoms with E-state index in [0.717, 1.165) is 57.8 Å². The molecule has 5 aliphatic heterocycles. The summed E-state index contributed by atoms with van der Waals surface area (Å²) >= 11 is 3.66. The Kier molecular flexibility index (Phi) is 60.5. The molecule has 41 heteroatoms. The molecule has 7 fully saturated rings. The molecule has 39 nitrogen and oxygen atoms in total. The van der Waals surface area contributed by atoms with Gasteiger partial charge in [-0.15, -0.1) is 0 Å². The van der Waals surface area contributed by atoms with Gasteiger partial charge < -0.3 is 117 Å². The van der Waals surface area contributed by atoms with Gasteiger partial charge in [-0.1, -0.05) is 101 Å². The zero-order valence-electron chi connectivity index (χ0n) is 97.1. The van der Waals surface area contributed by atoms with Crippen LogP contribution in [0.2, 0.25) is 0 Å². The second-order valence-electron chi connectivity index (χ2n) is 49.8. The number of carbonyl (C=O) groups excluding carboxylic acids is 10. The van der Waals surface area contributed by atoms with E-state index in [4.69, 9.17) is 39.0 Å². The molecular formula is C107H198ClCuN16O23. The van der Waals surface area contributed by atoms with Crippen LogP contribution in [-0.2, 0) is 86.7 Å². The van der Waals surface area contributed by atoms with Gasteiger partial charge in [0, 0.05) is 114 Å². The number of likely N-dealkylation sites (N-methyl/N-ethyl adjacent to an activating group) is 4. The summed E-state index contributed by atoms with van der Waals surface area (Å²) in [5.41, 5.74) is -4.73. The summed E-state index contributed by atoms with van der Waals surface area (Å²) in [5.74, 6) is -4.73. The number of nitrogens with one attached hydrogen (secondary N) is 8. The van der Waals surface area contributed by atoms with Crippen molar-refractivity contribution in [1.82, 2.24) is 77.0 Å². The van der Waals surface area contributed by atoms with Crippen LogP contribution >= 0.6 is 10.1 Å². The van der Waals surface area contributed by atoms with Crippen molar-refractivity contribution >= 4 is 81.4 Å². The van der Waals surface area contributed by atoms with Gasteiger partial charge in [-0.25, -0.2) is 24.4 Å². The molecule has 0 bridgehead atoms. The number of hydrogen-bond acceptors (Lipinski definition) is 31. The SMILES string of the molecule is CC(C)(C)O.CC(C)(C)OC(=O)[C@@H]1C[C@H](O)CN1C(=O)[C@@H](NC(=O)[C@@H](NC(=O)c1cnccn1)C1CCCCC1)C(C)(C)C.CC(C)N/C=C/NC(C)C.CC(C)N=C(NC(C)C)OC(C)(C)C.CN1C[C@@H](O)C[C@H]1C(=O)O.CN1C[C@@H](O)C[C@H]1C(=O)OC(C)(C)C.CN[C@H](C(=O)N1C[C@@H](O)C[C@H]1C(=O)OC(C)(C)C)C(C)(C)C.CN[C@H](C(=O)N[C@H](C(=O)N1C[C@@H](O)C[C@H]1C(=O)OC(C)(C)C)C(C)(C)C)C1CCCCC1.[Cl][Cu]. The summed E-state index contributed by atoms with van der Waals surface area (Å²) in [4.78, 5) is 160. The number of β-amino-alcohol motifs (C(OH)–C–C–N with tert-alkyl or cyclic N) is 5. The van der Waals surface area contributed by atoms with Gasteiger partial charge in [0.1, 0.15) is 82.0 Å². The molecule has 0 unspecified atom stereocenters. The number of amides is 6. The van der Waals surface area contributed by atoms with Crippen LogP contribution in [0.4, 0.5) is 0 Å². The third-order valence-electron chi connectivity index (χ3n) is 23.3. The Hall–Kier alpha value is -7.73. The van der Waals surface area contributed by atoms with E-state index in [1.54, 1.807) is 109 Å². The third kappa shape index (κ3) is 56.7. The third-order valence-corrected chi connectivity index (χ3v) is 23.3. The molecule has 8 rings (SSSR count). The number of halogens is 1. The second-order valence-corrected chi connectivity index (χ2v) is 49.8. The molecule has 0 spiro atoms. The Labute approximate surface area is 898 Å². The van der Waals surface area contributed by atoms with E-state index in [1.807, 2.05) is 142 Å². The van der Waals surface area contributed by atoms with Crippen molar-refractivity contribution in [3.8, 4) is 0 Å². The number of carboxylic acids is 1. The fourth-order valence-electron chi connectivity index (χ4n) is 16.9. The number of aliphatic imine (C=N–C) groups is 1. The number of carbonyl (C=O) groups is 11. The zero-order valence-corrected chi connectivity index (χ0v) is 98.8. The van der Waals surface area contributed by atoms with Gasteiger partial charge in [-0.3, -0.25) is 53.1 Å². The molecule has 862 valence electrons. The van der Waals surface area contributed by atoms with Crippen molar-refractivity contribution in [2.45, 2.75) is 487 Å². The van der Waals surface area contributed by atoms with E-state index in [9.17, 15) is 73.2 Å². The normalized spacial score (nSPS) is 22.4. The van der Waals surface area contributed by atoms with Crippen molar-refractivity contribution in [2.75, 3.05) is 60.9 Å². The van der Waals surface area contributed by atoms with Gasteiger partial charge in [0.05, 0.1) is 54.4 Å². The Balaban J connectivity index is 0.00000178. The van der Waals surface area contributed by atoms with Crippen LogP contribution in [0, 0.1) is 28.1 Å². The van der Waals surface area contributed by atoms with Crippen molar-refractivity contribution in [3.05, 3.63) is 36.7 Å². The second kappa shape index (κ2) is 63.8. The maximum absolute atomic E-state index is 13.9. The molecule has 7 aliphatic rings. The van der Waals surface area contributed by atoms with E-state index in [2.05, 4.69) is 124 Å². The van der Waals surface area contributed by atoms with Crippen LogP contribution < -0.4 is 42.5 Å². The summed E-state index contributed by atoms with van der Waals surface area (Å²) in [5, 5.41) is 90.3. The van der Waals surface area contributed by atoms with E-state index in [0.29, 0.717) is 50.1 Å². The average Bonchev–Trinajstić information content (AvgIpc) is 1.61. The minimum absolute atomic E-state index is 0.0410. The Morgan fingerprint density at radius 1 is 0.405 bits per heavy atom. The predicted octanol–water partition coefficient (Wildman–Crippen LogP) is 9.91. The van der Waals surface area contributed by atoms with Crippen LogP contribution in [0.5, 0.6) is 0 Å². The van der Waals surface area contributed by atoms with E-state index in [1.165, 1.54) is 39.7 Å². The number of aromatic nitrogens is 2. The fraction of sp³-hybridized carbons (Fsp3) is 0.832. The monoisotopic (exact) mass is 2170 g/mol. The number of rotatable bonds is 24. The first-order chi connectivity index (χ1) is 67.5. The molecule has 15 atom stereocenters. The summed E-state index contributed by atoms with van der Waals surface area (Å²) < 4.78 is 27.3. The molecule has 2 aliphatic carbocycles. The molecule has 2 saturated carbocycles. The van der Waals surface area contributed by atoms with Crippen LogP contribution in [0.3, 0.4) is 0 Å². The van der Waals surface area contributed by atoms with E-state index in [-0.39, 0.29) is 109 Å². The first kappa shape index (κ1) is 140. The standard InChI is InChI=1S/C28H43N5O6.C24H43N3O5.C16H30N2O4.C11H24N2O.C10H19NO3.C8H18N2.C6H11NO3.C4H10O.ClH.Cu/c1-27(2,3)22(25(37)33-16-18(34)14-20(33)26(38)39-28(4,5)6)32-24(36)21(17-10-8-7-9-11-17)31-23(35)19-15-29-12-13-30-19;1-23(2,3)19(26-20(29)18(25-7)15-11-9-8-10-12-15)21(30)27-14-16(28)13-17(27)22(31)32-24(4,5)6;1-15(2,3)12(17-7)13(20)18-9-10(19)8-11(18)14(21)22-16(4,5)6;1-8(2)12-10(13-9(3)4)14-11(5,6)7;1-10(2,3)14-9(13)8-5-7(12)6-11(8)4;1-7(2)9-5-6-10-8(3)4;1-7-3-4(8)2-5(7)6(9)10;1-4(2,3)5;;/h12-13,15,17-18,20-22,34H,7-11,14,16H2,1-6H3,(H,31,35)(H,32,36);15-19,25,28H,8-14H2,1-7H3,(H,26,29);10-12,17,19H,8-9H2,1-7H3;8-9H,1-7H3,(H,12,13);7-8,12H,5-6H2,1-4H3;5-10H,1-4H3;4-5,8H,2-3H2,1H3,(H,9,10);5H,1-3H3;1H;/q;;;;;;;;;+1/p-1/b;;;;;6-5+;;;;/t18-,20-,21-,22+;16-,17-,18-,19+;10-,11-,12+;;7-,8-;;4-,5-;;;/m000.0.0.../s1. The van der Waals surface area contributed by atoms with E-state index < -0.39 is 159 Å². The number of ether oxygens (including phenoxy) is 5. The number of amidine groups is 1. The number of aliphatic hydroxyl groups is 6. The Bertz CT molecular complexity index is 4200. The molecule has 0 radical (unpaired) electrons. The summed E-state index contributed by atoms with van der Waals surface area (Å²) in [6.45, 7) is 67.5. The maximum atomic E-state index is 13.9. The molecule has 5 saturated heterocycles. The van der Waals surface area contributed by atoms with Gasteiger partial charge >= 0.3 is 55.0 Å². The van der Waals surface area contributed by atoms with Crippen LogP contribution in [0.25, 0.3) is 0 Å². The number of nitrogens with zero attached hydrogens (tertiary/aromatic N) is 8. The zero-order chi connectivity index (χ0) is 115. The van der Waals surface area contributed by atoms with Crippen molar-refractivity contribution in [3.63, 3.8) is 0 Å². The van der Waals surface area contributed by atoms with Crippen molar-refractivity contribution in [2.24, 2.45) is 33.1 Å². The fourth-order valence-corrected chi connectivity index (χ4v) is 16.9. The van der Waals surface area contributed by atoms with Gasteiger partial charge in [-0.2, -0.15) is 0 Å². The number of aliphatic hydroxyl groups excluding tert-OH is 5. The van der Waals surface area contributed by atoms with E-state index >= 15 is 0 Å². The average molecular weight is 2180 g/mol. The summed E-state index contributed by atoms with van der Waals surface area (Å²) in [7, 11) is 11.2. The molecule has 6 amide bonds. The number of aliphatic carboxylic acids is 1. The van der Waals surface area contributed by atoms with Crippen LogP contribution in [0.15, 0.2) is 36.0 Å². The summed E-state index contributed by atoms with van der Waals surface area (Å²) in [6.07, 6.45) is 16.0. The number of esters is 4. The number of hydrogen-bond donors (Lipinski definition) is 15. The number of carboxylic acid groups (broad SMARTS) is 1. The van der Waals surface area contributed by atoms with Crippen LogP contribution in [0.1, 0.15) is 349 Å². The molecular weight excluding hydrogens is 1980 g/mol. The first-order valence-corrected chi connectivity index (χ1v) is 53.7. The topological polar surface area (TPSA) is 526 Å². The molecule has 15 N–H and O–H groups in total. The van der Waals surface area contributed by atoms with Crippen molar-refractivity contribution < 1.29 is 127 Å². The van der Waals surface area contributed by atoms with Gasteiger partial charge in [-0.05, 0) is 262 Å². The molecule has 148 heavy (non-hydrogen) atoms. The first-order valence-electron chi connectivity index (χ1n) is 52.4. The molecule has 1 aromatic heterocycles. The number of likely N-dealkylation sites (tertiary alicyclic amines) is 5. The van der Waals surface area contributed by atoms with Crippen LogP contribution in [-0.4, -0.2) is 351 Å². The minimum atomic E-state index is -1.01. The molecule has 0 aromatic carbocycles. The van der Waals surface area contributed by atoms with Gasteiger partial charge in [0.25, 0.3) is 11.9 Å². The van der Waals surface area contributed by atoms with Crippen molar-refractivity contribution in [1.29, 1.82) is 0 Å². The van der Waals surface area contributed by atoms with Gasteiger partial charge in [0.15, 0.2) is 0 Å². The Morgan fingerprint density at radius 3 is 0.959 bits per heavy atom.